The molecular weight excluding hydrogens is 370 g/mol. The first-order chi connectivity index (χ1) is 13.8. The number of carbonyl (C=O) groups excluding carboxylic acids is 1. The summed E-state index contributed by atoms with van der Waals surface area (Å²) in [7, 11) is 1.81. The lowest BCUT2D eigenvalue weighted by Gasteiger charge is -2.38. The Bertz CT molecular complexity index is 627. The molecule has 1 heterocycles. The van der Waals surface area contributed by atoms with Crippen molar-refractivity contribution in [3.05, 3.63) is 30.3 Å². The summed E-state index contributed by atoms with van der Waals surface area (Å²) in [6.45, 7) is 6.41. The van der Waals surface area contributed by atoms with Crippen LogP contribution in [-0.2, 0) is 4.79 Å². The van der Waals surface area contributed by atoms with Crippen molar-refractivity contribution < 1.29 is 4.79 Å². The number of aliphatic imine (C=N–C) groups is 1. The van der Waals surface area contributed by atoms with E-state index in [9.17, 15) is 4.79 Å². The van der Waals surface area contributed by atoms with Crippen molar-refractivity contribution in [1.82, 2.24) is 20.4 Å². The molecule has 7 heteroatoms. The van der Waals surface area contributed by atoms with Gasteiger partial charge in [0.2, 0.25) is 5.91 Å². The fourth-order valence-electron chi connectivity index (χ4n) is 3.51. The summed E-state index contributed by atoms with van der Waals surface area (Å²) >= 11 is 1.84. The Labute approximate surface area is 173 Å². The first-order valence-electron chi connectivity index (χ1n) is 10.4. The van der Waals surface area contributed by atoms with Gasteiger partial charge in [-0.05, 0) is 25.0 Å². The van der Waals surface area contributed by atoms with Gasteiger partial charge >= 0.3 is 0 Å². The fourth-order valence-corrected chi connectivity index (χ4v) is 4.30. The predicted molar refractivity (Wildman–Crippen MR) is 117 cm³/mol. The highest BCUT2D eigenvalue weighted by atomic mass is 32.2. The molecule has 2 aliphatic rings. The van der Waals surface area contributed by atoms with Gasteiger partial charge in [0.25, 0.3) is 0 Å². The van der Waals surface area contributed by atoms with E-state index in [0.717, 1.165) is 70.4 Å². The Morgan fingerprint density at radius 2 is 1.82 bits per heavy atom. The Morgan fingerprint density at radius 3 is 2.46 bits per heavy atom. The molecule has 1 aromatic rings. The fraction of sp³-hybridized carbons (Fsp3) is 0.619. The summed E-state index contributed by atoms with van der Waals surface area (Å²) in [6.07, 6.45) is 3.42. The van der Waals surface area contributed by atoms with E-state index in [1.807, 2.05) is 24.9 Å². The van der Waals surface area contributed by atoms with Crippen molar-refractivity contribution >= 4 is 23.6 Å². The number of amides is 1. The molecule has 3 rings (SSSR count). The number of rotatable bonds is 8. The molecule has 1 saturated heterocycles. The minimum atomic E-state index is 0.322. The highest BCUT2D eigenvalue weighted by Crippen LogP contribution is 2.28. The molecule has 0 atom stereocenters. The lowest BCUT2D eigenvalue weighted by molar-refractivity contribution is -0.139. The van der Waals surface area contributed by atoms with Crippen molar-refractivity contribution in [3.63, 3.8) is 0 Å². The number of piperazine rings is 1. The molecule has 28 heavy (non-hydrogen) atoms. The highest BCUT2D eigenvalue weighted by Gasteiger charge is 2.30. The van der Waals surface area contributed by atoms with Gasteiger partial charge in [0.05, 0.1) is 0 Å². The molecule has 1 aliphatic heterocycles. The van der Waals surface area contributed by atoms with Crippen molar-refractivity contribution in [3.8, 4) is 0 Å². The number of guanidine groups is 1. The monoisotopic (exact) mass is 403 g/mol. The Morgan fingerprint density at radius 1 is 1.11 bits per heavy atom. The van der Waals surface area contributed by atoms with Crippen molar-refractivity contribution in [2.45, 2.75) is 24.2 Å². The number of carbonyl (C=O) groups is 1. The predicted octanol–water partition coefficient (Wildman–Crippen LogP) is 1.89. The molecule has 154 valence electrons. The maximum Gasteiger partial charge on any atom is 0.225 e. The van der Waals surface area contributed by atoms with Crippen LogP contribution in [0.3, 0.4) is 0 Å². The number of hydrogen-bond acceptors (Lipinski definition) is 4. The zero-order valence-electron chi connectivity index (χ0n) is 16.9. The molecule has 1 aromatic carbocycles. The van der Waals surface area contributed by atoms with Crippen LogP contribution >= 0.6 is 11.8 Å². The number of nitrogens with zero attached hydrogens (tertiary/aromatic N) is 3. The van der Waals surface area contributed by atoms with E-state index in [0.29, 0.717) is 11.8 Å². The number of hydrogen-bond donors (Lipinski definition) is 2. The quantitative estimate of drug-likeness (QED) is 0.300. The zero-order chi connectivity index (χ0) is 19.6. The van der Waals surface area contributed by atoms with E-state index in [1.165, 1.54) is 11.3 Å². The van der Waals surface area contributed by atoms with Gasteiger partial charge in [-0.3, -0.25) is 14.7 Å². The van der Waals surface area contributed by atoms with Gasteiger partial charge in [0.15, 0.2) is 5.96 Å². The van der Waals surface area contributed by atoms with E-state index >= 15 is 0 Å². The van der Waals surface area contributed by atoms with E-state index in [-0.39, 0.29) is 0 Å². The summed E-state index contributed by atoms with van der Waals surface area (Å²) < 4.78 is 0. The van der Waals surface area contributed by atoms with Crippen LogP contribution in [0.5, 0.6) is 0 Å². The molecule has 0 spiro atoms. The summed E-state index contributed by atoms with van der Waals surface area (Å²) in [6, 6.07) is 10.5. The normalized spacial score (nSPS) is 18.6. The summed E-state index contributed by atoms with van der Waals surface area (Å²) in [5.74, 6) is 2.57. The smallest absolute Gasteiger partial charge is 0.225 e. The molecular formula is C21H33N5OS. The standard InChI is InChI=1S/C21H33N5OS/c1-22-21(24-11-17-28-19-8-3-2-4-9-19)23-10-12-25-13-15-26(16-14-25)20(27)18-6-5-7-18/h2-4,8-9,18H,5-7,10-17H2,1H3,(H2,22,23,24). The van der Waals surface area contributed by atoms with Gasteiger partial charge in [-0.25, -0.2) is 0 Å². The molecule has 1 aliphatic carbocycles. The molecule has 1 saturated carbocycles. The van der Waals surface area contributed by atoms with Gasteiger partial charge in [-0.1, -0.05) is 24.6 Å². The van der Waals surface area contributed by atoms with Crippen molar-refractivity contribution in [1.29, 1.82) is 0 Å². The van der Waals surface area contributed by atoms with E-state index in [2.05, 4.69) is 49.7 Å². The van der Waals surface area contributed by atoms with Crippen LogP contribution in [0.4, 0.5) is 0 Å². The highest BCUT2D eigenvalue weighted by molar-refractivity contribution is 7.99. The zero-order valence-corrected chi connectivity index (χ0v) is 17.7. The number of nitrogens with one attached hydrogen (secondary N) is 2. The van der Waals surface area contributed by atoms with Crippen molar-refractivity contribution in [2.24, 2.45) is 10.9 Å². The van der Waals surface area contributed by atoms with E-state index in [1.54, 1.807) is 0 Å². The second-order valence-corrected chi connectivity index (χ2v) is 8.55. The van der Waals surface area contributed by atoms with Gasteiger partial charge < -0.3 is 15.5 Å². The Kier molecular flexibility index (Phi) is 8.48. The molecule has 2 N–H and O–H groups in total. The van der Waals surface area contributed by atoms with Crippen LogP contribution in [0.2, 0.25) is 0 Å². The van der Waals surface area contributed by atoms with Gasteiger partial charge in [-0.2, -0.15) is 0 Å². The first kappa shape index (κ1) is 21.0. The summed E-state index contributed by atoms with van der Waals surface area (Å²) in [5, 5.41) is 6.76. The van der Waals surface area contributed by atoms with Crippen LogP contribution in [0.1, 0.15) is 19.3 Å². The summed E-state index contributed by atoms with van der Waals surface area (Å²) in [4.78, 5) is 22.4. The number of benzene rings is 1. The summed E-state index contributed by atoms with van der Waals surface area (Å²) in [5.41, 5.74) is 0. The van der Waals surface area contributed by atoms with Crippen LogP contribution in [0, 0.1) is 5.92 Å². The van der Waals surface area contributed by atoms with Crippen LogP contribution in [-0.4, -0.2) is 80.3 Å². The van der Waals surface area contributed by atoms with Gasteiger partial charge in [0.1, 0.15) is 0 Å². The average molecular weight is 404 g/mol. The third-order valence-electron chi connectivity index (χ3n) is 5.49. The average Bonchev–Trinajstić information content (AvgIpc) is 2.69. The molecule has 0 unspecified atom stereocenters. The van der Waals surface area contributed by atoms with Gasteiger partial charge in [0, 0.05) is 69.4 Å². The second-order valence-electron chi connectivity index (χ2n) is 7.38. The lowest BCUT2D eigenvalue weighted by Crippen LogP contribution is -2.52. The second kappa shape index (κ2) is 11.3. The Hall–Kier alpha value is -1.73. The minimum Gasteiger partial charge on any atom is -0.356 e. The third-order valence-corrected chi connectivity index (χ3v) is 6.50. The number of thioether (sulfide) groups is 1. The molecule has 0 aromatic heterocycles. The van der Waals surface area contributed by atoms with Crippen LogP contribution in [0.25, 0.3) is 0 Å². The largest absolute Gasteiger partial charge is 0.356 e. The van der Waals surface area contributed by atoms with E-state index in [4.69, 9.17) is 0 Å². The molecule has 2 fully saturated rings. The maximum atomic E-state index is 12.3. The lowest BCUT2D eigenvalue weighted by atomic mass is 9.84. The molecule has 0 bridgehead atoms. The van der Waals surface area contributed by atoms with Crippen LogP contribution < -0.4 is 10.6 Å². The topological polar surface area (TPSA) is 60.0 Å². The molecule has 6 nitrogen and oxygen atoms in total. The minimum absolute atomic E-state index is 0.322. The van der Waals surface area contributed by atoms with Crippen molar-refractivity contribution in [2.75, 3.05) is 58.6 Å². The molecule has 0 radical (unpaired) electrons. The van der Waals surface area contributed by atoms with E-state index < -0.39 is 0 Å². The molecule has 1 amide bonds. The van der Waals surface area contributed by atoms with Gasteiger partial charge in [-0.15, -0.1) is 11.8 Å². The Balaban J connectivity index is 1.25. The maximum absolute atomic E-state index is 12.3. The third kappa shape index (κ3) is 6.41. The SMILES string of the molecule is CN=C(NCCSc1ccccc1)NCCN1CCN(C(=O)C2CCC2)CC1. The van der Waals surface area contributed by atoms with Crippen LogP contribution in [0.15, 0.2) is 40.2 Å². The first-order valence-corrected chi connectivity index (χ1v) is 11.4.